The highest BCUT2D eigenvalue weighted by molar-refractivity contribution is 5.15. The first-order chi connectivity index (χ1) is 11.9. The number of pyridine rings is 1. The number of fused-ring (bicyclic) bond motifs is 1. The summed E-state index contributed by atoms with van der Waals surface area (Å²) in [5, 5.41) is 12.4. The van der Waals surface area contributed by atoms with Crippen LogP contribution in [-0.4, -0.2) is 57.4 Å². The molecule has 4 heterocycles. The molecule has 128 valence electrons. The number of nitrogens with zero attached hydrogens (tertiary/aromatic N) is 5. The third kappa shape index (κ3) is 3.65. The Bertz CT molecular complexity index is 647. The van der Waals surface area contributed by atoms with Crippen molar-refractivity contribution in [1.29, 1.82) is 0 Å². The fourth-order valence-corrected chi connectivity index (χ4v) is 3.87. The summed E-state index contributed by atoms with van der Waals surface area (Å²) in [6.45, 7) is 6.77. The van der Waals surface area contributed by atoms with Gasteiger partial charge in [-0.05, 0) is 43.5 Å². The van der Waals surface area contributed by atoms with Crippen LogP contribution in [0.5, 0.6) is 0 Å². The average Bonchev–Trinajstić information content (AvgIpc) is 2.89. The molecule has 6 heteroatoms. The number of aromatic nitrogens is 4. The smallest absolute Gasteiger partial charge is 0.137 e. The lowest BCUT2D eigenvalue weighted by molar-refractivity contribution is 0.211. The van der Waals surface area contributed by atoms with E-state index in [1.54, 1.807) is 0 Å². The number of hydrogen-bond donors (Lipinski definition) is 1. The van der Waals surface area contributed by atoms with Crippen LogP contribution < -0.4 is 5.32 Å². The van der Waals surface area contributed by atoms with Gasteiger partial charge in [-0.15, -0.1) is 10.2 Å². The maximum Gasteiger partial charge on any atom is 0.137 e. The molecule has 1 saturated heterocycles. The predicted octanol–water partition coefficient (Wildman–Crippen LogP) is 1.12. The standard InChI is InChI=1S/C18H26N6/c1-3-15(12-19-6-1)11-18-22-21-17-5-8-23(9-10-24(17)18)14-16-4-2-7-20-13-16/h1,3,6,12,16,20H,2,4-5,7-11,13-14H2/t16-/m0/s1. The molecule has 2 aliphatic rings. The molecular formula is C18H26N6. The molecule has 0 radical (unpaired) electrons. The molecule has 2 aliphatic heterocycles. The van der Waals surface area contributed by atoms with E-state index in [9.17, 15) is 0 Å². The zero-order valence-corrected chi connectivity index (χ0v) is 14.2. The van der Waals surface area contributed by atoms with E-state index in [1.807, 2.05) is 18.5 Å². The highest BCUT2D eigenvalue weighted by atomic mass is 15.3. The average molecular weight is 326 g/mol. The molecule has 0 aliphatic carbocycles. The van der Waals surface area contributed by atoms with Crippen LogP contribution in [0.15, 0.2) is 24.5 Å². The van der Waals surface area contributed by atoms with Gasteiger partial charge in [0.2, 0.25) is 0 Å². The molecule has 0 amide bonds. The van der Waals surface area contributed by atoms with E-state index in [1.165, 1.54) is 38.0 Å². The zero-order valence-electron chi connectivity index (χ0n) is 14.2. The third-order valence-corrected chi connectivity index (χ3v) is 5.20. The molecule has 6 nitrogen and oxygen atoms in total. The molecule has 1 atom stereocenters. The number of hydrogen-bond acceptors (Lipinski definition) is 5. The molecule has 2 aromatic heterocycles. The van der Waals surface area contributed by atoms with Crippen molar-refractivity contribution < 1.29 is 0 Å². The van der Waals surface area contributed by atoms with E-state index >= 15 is 0 Å². The van der Waals surface area contributed by atoms with Crippen molar-refractivity contribution in [2.24, 2.45) is 5.92 Å². The topological polar surface area (TPSA) is 58.9 Å². The van der Waals surface area contributed by atoms with Crippen LogP contribution in [0.2, 0.25) is 0 Å². The maximum atomic E-state index is 4.45. The molecule has 0 saturated carbocycles. The second-order valence-electron chi connectivity index (χ2n) is 6.99. The molecule has 2 aromatic rings. The Morgan fingerprint density at radius 3 is 3.04 bits per heavy atom. The van der Waals surface area contributed by atoms with Crippen LogP contribution in [0, 0.1) is 5.92 Å². The molecule has 1 fully saturated rings. The second kappa shape index (κ2) is 7.40. The van der Waals surface area contributed by atoms with E-state index in [-0.39, 0.29) is 0 Å². The van der Waals surface area contributed by atoms with Crippen molar-refractivity contribution in [2.75, 3.05) is 32.7 Å². The van der Waals surface area contributed by atoms with Crippen molar-refractivity contribution in [3.8, 4) is 0 Å². The molecule has 0 bridgehead atoms. The summed E-state index contributed by atoms with van der Waals surface area (Å²) >= 11 is 0. The minimum atomic E-state index is 0.803. The lowest BCUT2D eigenvalue weighted by Crippen LogP contribution is -2.39. The largest absolute Gasteiger partial charge is 0.316 e. The fourth-order valence-electron chi connectivity index (χ4n) is 3.87. The minimum Gasteiger partial charge on any atom is -0.316 e. The summed E-state index contributed by atoms with van der Waals surface area (Å²) in [6, 6.07) is 4.09. The first-order valence-electron chi connectivity index (χ1n) is 9.11. The molecule has 0 unspecified atom stereocenters. The van der Waals surface area contributed by atoms with Gasteiger partial charge in [-0.1, -0.05) is 6.07 Å². The number of rotatable bonds is 4. The summed E-state index contributed by atoms with van der Waals surface area (Å²) < 4.78 is 2.33. The summed E-state index contributed by atoms with van der Waals surface area (Å²) in [4.78, 5) is 6.81. The molecule has 0 aromatic carbocycles. The van der Waals surface area contributed by atoms with Crippen LogP contribution in [0.4, 0.5) is 0 Å². The fraction of sp³-hybridized carbons (Fsp3) is 0.611. The lowest BCUT2D eigenvalue weighted by atomic mass is 9.99. The van der Waals surface area contributed by atoms with E-state index in [0.29, 0.717) is 0 Å². The Labute approximate surface area is 143 Å². The van der Waals surface area contributed by atoms with Crippen molar-refractivity contribution >= 4 is 0 Å². The normalized spacial score (nSPS) is 22.1. The highest BCUT2D eigenvalue weighted by Crippen LogP contribution is 2.16. The molecule has 4 rings (SSSR count). The van der Waals surface area contributed by atoms with Gasteiger partial charge in [-0.3, -0.25) is 4.98 Å². The van der Waals surface area contributed by atoms with Crippen LogP contribution in [-0.2, 0) is 19.4 Å². The number of piperidine rings is 1. The Morgan fingerprint density at radius 1 is 1.21 bits per heavy atom. The zero-order chi connectivity index (χ0) is 16.2. The molecular weight excluding hydrogens is 300 g/mol. The van der Waals surface area contributed by atoms with E-state index in [4.69, 9.17) is 0 Å². The van der Waals surface area contributed by atoms with Gasteiger partial charge in [0.05, 0.1) is 0 Å². The summed E-state index contributed by atoms with van der Waals surface area (Å²) in [5.74, 6) is 3.01. The third-order valence-electron chi connectivity index (χ3n) is 5.20. The van der Waals surface area contributed by atoms with Gasteiger partial charge in [0.25, 0.3) is 0 Å². The van der Waals surface area contributed by atoms with Gasteiger partial charge in [0.15, 0.2) is 0 Å². The second-order valence-corrected chi connectivity index (χ2v) is 6.99. The Morgan fingerprint density at radius 2 is 2.21 bits per heavy atom. The summed E-state index contributed by atoms with van der Waals surface area (Å²) in [6.07, 6.45) is 8.22. The first-order valence-corrected chi connectivity index (χ1v) is 9.11. The first kappa shape index (κ1) is 15.7. The summed E-state index contributed by atoms with van der Waals surface area (Å²) in [5.41, 5.74) is 1.20. The van der Waals surface area contributed by atoms with Gasteiger partial charge in [-0.2, -0.15) is 0 Å². The molecule has 24 heavy (non-hydrogen) atoms. The summed E-state index contributed by atoms with van der Waals surface area (Å²) in [7, 11) is 0. The van der Waals surface area contributed by atoms with Crippen LogP contribution in [0.1, 0.15) is 30.1 Å². The van der Waals surface area contributed by atoms with Gasteiger partial charge in [-0.25, -0.2) is 0 Å². The van der Waals surface area contributed by atoms with Crippen molar-refractivity contribution in [2.45, 2.75) is 32.2 Å². The Kier molecular flexibility index (Phi) is 4.85. The minimum absolute atomic E-state index is 0.803. The SMILES string of the molecule is c1cncc(Cc2nnc3n2CCN(C[C@H]2CCCNC2)CC3)c1. The highest BCUT2D eigenvalue weighted by Gasteiger charge is 2.22. The Hall–Kier alpha value is -1.79. The Balaban J connectivity index is 1.40. The maximum absolute atomic E-state index is 4.45. The van der Waals surface area contributed by atoms with Gasteiger partial charge in [0, 0.05) is 51.4 Å². The monoisotopic (exact) mass is 326 g/mol. The van der Waals surface area contributed by atoms with Crippen molar-refractivity contribution in [1.82, 2.24) is 30.0 Å². The van der Waals surface area contributed by atoms with Crippen LogP contribution >= 0.6 is 0 Å². The van der Waals surface area contributed by atoms with Gasteiger partial charge in [0.1, 0.15) is 11.6 Å². The van der Waals surface area contributed by atoms with Crippen molar-refractivity contribution in [3.63, 3.8) is 0 Å². The van der Waals surface area contributed by atoms with E-state index in [0.717, 1.165) is 50.0 Å². The lowest BCUT2D eigenvalue weighted by Gasteiger charge is -2.29. The van der Waals surface area contributed by atoms with E-state index in [2.05, 4.69) is 36.0 Å². The van der Waals surface area contributed by atoms with Crippen molar-refractivity contribution in [3.05, 3.63) is 41.7 Å². The van der Waals surface area contributed by atoms with Crippen LogP contribution in [0.3, 0.4) is 0 Å². The molecule has 1 N–H and O–H groups in total. The quantitative estimate of drug-likeness (QED) is 0.912. The van der Waals surface area contributed by atoms with Crippen LogP contribution in [0.25, 0.3) is 0 Å². The van der Waals surface area contributed by atoms with Gasteiger partial charge < -0.3 is 14.8 Å². The van der Waals surface area contributed by atoms with E-state index < -0.39 is 0 Å². The predicted molar refractivity (Wildman–Crippen MR) is 92.8 cm³/mol. The number of nitrogens with one attached hydrogen (secondary N) is 1. The molecule has 0 spiro atoms. The van der Waals surface area contributed by atoms with Gasteiger partial charge >= 0.3 is 0 Å².